The van der Waals surface area contributed by atoms with Gasteiger partial charge in [0.2, 0.25) is 0 Å². The number of hydrogen-bond acceptors (Lipinski definition) is 5. The summed E-state index contributed by atoms with van der Waals surface area (Å²) in [6.45, 7) is 2.27. The van der Waals surface area contributed by atoms with E-state index >= 15 is 0 Å². The highest BCUT2D eigenvalue weighted by Crippen LogP contribution is 2.07. The number of halogens is 1. The van der Waals surface area contributed by atoms with Gasteiger partial charge < -0.3 is 11.1 Å². The SMILES string of the molecule is C[C@H](CN)NC(=O)c1ccc(-n2cnnn2)cc1.Cl. The van der Waals surface area contributed by atoms with Gasteiger partial charge in [0.1, 0.15) is 6.33 Å². The fourth-order valence-corrected chi connectivity index (χ4v) is 1.41. The third kappa shape index (κ3) is 3.73. The lowest BCUT2D eigenvalue weighted by Crippen LogP contribution is -2.37. The van der Waals surface area contributed by atoms with Gasteiger partial charge in [0.15, 0.2) is 0 Å². The second-order valence-electron chi connectivity index (χ2n) is 3.91. The second-order valence-corrected chi connectivity index (χ2v) is 3.91. The van der Waals surface area contributed by atoms with Crippen molar-refractivity contribution < 1.29 is 4.79 Å². The number of carbonyl (C=O) groups excluding carboxylic acids is 1. The number of amides is 1. The maximum atomic E-state index is 11.8. The summed E-state index contributed by atoms with van der Waals surface area (Å²) < 4.78 is 1.52. The fraction of sp³-hybridized carbons (Fsp3) is 0.273. The molecule has 0 aliphatic rings. The van der Waals surface area contributed by atoms with E-state index in [1.54, 1.807) is 24.3 Å². The van der Waals surface area contributed by atoms with Crippen LogP contribution >= 0.6 is 12.4 Å². The van der Waals surface area contributed by atoms with Crippen LogP contribution in [0.15, 0.2) is 30.6 Å². The number of nitrogens with two attached hydrogens (primary N) is 1. The van der Waals surface area contributed by atoms with Gasteiger partial charge in [-0.3, -0.25) is 4.79 Å². The summed E-state index contributed by atoms with van der Waals surface area (Å²) in [6, 6.07) is 6.94. The lowest BCUT2D eigenvalue weighted by molar-refractivity contribution is 0.0941. The number of carbonyl (C=O) groups is 1. The molecule has 0 aliphatic heterocycles. The first-order valence-corrected chi connectivity index (χ1v) is 5.55. The van der Waals surface area contributed by atoms with Gasteiger partial charge in [-0.25, -0.2) is 4.68 Å². The smallest absolute Gasteiger partial charge is 0.251 e. The third-order valence-electron chi connectivity index (χ3n) is 2.47. The summed E-state index contributed by atoms with van der Waals surface area (Å²) in [5.74, 6) is -0.142. The maximum absolute atomic E-state index is 11.8. The highest BCUT2D eigenvalue weighted by Gasteiger charge is 2.08. The molecule has 1 heterocycles. The summed E-state index contributed by atoms with van der Waals surface area (Å²) in [5, 5.41) is 13.6. The number of tetrazole rings is 1. The molecule has 7 nitrogen and oxygen atoms in total. The monoisotopic (exact) mass is 282 g/mol. The molecule has 102 valence electrons. The van der Waals surface area contributed by atoms with Gasteiger partial charge in [-0.1, -0.05) is 0 Å². The normalized spacial score (nSPS) is 11.5. The molecule has 0 radical (unpaired) electrons. The van der Waals surface area contributed by atoms with Gasteiger partial charge in [-0.05, 0) is 41.6 Å². The van der Waals surface area contributed by atoms with E-state index in [9.17, 15) is 4.79 Å². The lowest BCUT2D eigenvalue weighted by Gasteiger charge is -2.11. The number of benzene rings is 1. The predicted octanol–water partition coefficient (Wildman–Crippen LogP) is 0.161. The van der Waals surface area contributed by atoms with Crippen LogP contribution in [0.5, 0.6) is 0 Å². The first kappa shape index (κ1) is 15.1. The Labute approximate surface area is 116 Å². The summed E-state index contributed by atoms with van der Waals surface area (Å²) in [4.78, 5) is 11.8. The average Bonchev–Trinajstić information content (AvgIpc) is 2.92. The quantitative estimate of drug-likeness (QED) is 0.832. The molecular weight excluding hydrogens is 268 g/mol. The van der Waals surface area contributed by atoms with E-state index in [0.717, 1.165) is 5.69 Å². The second kappa shape index (κ2) is 6.81. The van der Waals surface area contributed by atoms with Crippen LogP contribution in [0.4, 0.5) is 0 Å². The zero-order valence-corrected chi connectivity index (χ0v) is 11.2. The molecule has 1 aromatic heterocycles. The summed E-state index contributed by atoms with van der Waals surface area (Å²) in [7, 11) is 0. The van der Waals surface area contributed by atoms with Crippen LogP contribution in [0.1, 0.15) is 17.3 Å². The molecule has 0 aliphatic carbocycles. The van der Waals surface area contributed by atoms with E-state index < -0.39 is 0 Å². The minimum absolute atomic E-state index is 0. The van der Waals surface area contributed by atoms with Crippen molar-refractivity contribution in [2.24, 2.45) is 5.73 Å². The highest BCUT2D eigenvalue weighted by atomic mass is 35.5. The average molecular weight is 283 g/mol. The first-order chi connectivity index (χ1) is 8.70. The molecule has 8 heteroatoms. The van der Waals surface area contributed by atoms with Crippen molar-refractivity contribution in [1.29, 1.82) is 0 Å². The van der Waals surface area contributed by atoms with Crippen LogP contribution in [-0.2, 0) is 0 Å². The van der Waals surface area contributed by atoms with Crippen molar-refractivity contribution in [3.05, 3.63) is 36.2 Å². The minimum Gasteiger partial charge on any atom is -0.348 e. The topological polar surface area (TPSA) is 98.7 Å². The molecular formula is C11H15ClN6O. The highest BCUT2D eigenvalue weighted by molar-refractivity contribution is 5.94. The van der Waals surface area contributed by atoms with Gasteiger partial charge in [0, 0.05) is 18.2 Å². The molecule has 19 heavy (non-hydrogen) atoms. The Hall–Kier alpha value is -1.99. The van der Waals surface area contributed by atoms with E-state index in [2.05, 4.69) is 20.8 Å². The Kier molecular flexibility index (Phi) is 5.40. The number of rotatable bonds is 4. The molecule has 0 unspecified atom stereocenters. The standard InChI is InChI=1S/C11H14N6O.ClH/c1-8(6-12)14-11(18)9-2-4-10(5-3-9)17-7-13-15-16-17;/h2-5,7-8H,6,12H2,1H3,(H,14,18);1H/t8-;/m1./s1. The molecule has 0 saturated carbocycles. The Morgan fingerprint density at radius 1 is 1.42 bits per heavy atom. The summed E-state index contributed by atoms with van der Waals surface area (Å²) in [6.07, 6.45) is 1.49. The predicted molar refractivity (Wildman–Crippen MR) is 72.4 cm³/mol. The first-order valence-electron chi connectivity index (χ1n) is 5.55. The third-order valence-corrected chi connectivity index (χ3v) is 2.47. The van der Waals surface area contributed by atoms with Gasteiger partial charge in [-0.2, -0.15) is 0 Å². The Morgan fingerprint density at radius 3 is 2.63 bits per heavy atom. The van der Waals surface area contributed by atoms with Crippen LogP contribution in [0, 0.1) is 0 Å². The molecule has 2 aromatic rings. The Bertz CT molecular complexity index is 512. The Balaban J connectivity index is 0.00000180. The zero-order chi connectivity index (χ0) is 13.0. The van der Waals surface area contributed by atoms with Crippen LogP contribution in [0.25, 0.3) is 5.69 Å². The summed E-state index contributed by atoms with van der Waals surface area (Å²) in [5.41, 5.74) is 6.82. The van der Waals surface area contributed by atoms with E-state index in [1.165, 1.54) is 11.0 Å². The van der Waals surface area contributed by atoms with Gasteiger partial charge in [0.25, 0.3) is 5.91 Å². The number of aromatic nitrogens is 4. The van der Waals surface area contributed by atoms with Crippen molar-refractivity contribution in [2.45, 2.75) is 13.0 Å². The van der Waals surface area contributed by atoms with Crippen molar-refractivity contribution in [1.82, 2.24) is 25.5 Å². The number of hydrogen-bond donors (Lipinski definition) is 2. The van der Waals surface area contributed by atoms with Crippen molar-refractivity contribution in [3.8, 4) is 5.69 Å². The van der Waals surface area contributed by atoms with Gasteiger partial charge >= 0.3 is 0 Å². The molecule has 1 aromatic carbocycles. The molecule has 0 bridgehead atoms. The fourth-order valence-electron chi connectivity index (χ4n) is 1.41. The molecule has 1 amide bonds. The van der Waals surface area contributed by atoms with E-state index in [1.807, 2.05) is 6.92 Å². The zero-order valence-electron chi connectivity index (χ0n) is 10.4. The molecule has 0 saturated heterocycles. The maximum Gasteiger partial charge on any atom is 0.251 e. The van der Waals surface area contributed by atoms with E-state index in [-0.39, 0.29) is 24.4 Å². The Morgan fingerprint density at radius 2 is 2.11 bits per heavy atom. The molecule has 0 fully saturated rings. The van der Waals surface area contributed by atoms with Crippen molar-refractivity contribution >= 4 is 18.3 Å². The molecule has 2 rings (SSSR count). The van der Waals surface area contributed by atoms with Gasteiger partial charge in [0.05, 0.1) is 5.69 Å². The van der Waals surface area contributed by atoms with Crippen LogP contribution in [0.3, 0.4) is 0 Å². The molecule has 0 spiro atoms. The summed E-state index contributed by atoms with van der Waals surface area (Å²) >= 11 is 0. The van der Waals surface area contributed by atoms with E-state index in [4.69, 9.17) is 5.73 Å². The van der Waals surface area contributed by atoms with Crippen LogP contribution < -0.4 is 11.1 Å². The van der Waals surface area contributed by atoms with E-state index in [0.29, 0.717) is 12.1 Å². The molecule has 1 atom stereocenters. The lowest BCUT2D eigenvalue weighted by atomic mass is 10.2. The van der Waals surface area contributed by atoms with Crippen molar-refractivity contribution in [2.75, 3.05) is 6.54 Å². The minimum atomic E-state index is -0.142. The molecule has 3 N–H and O–H groups in total. The van der Waals surface area contributed by atoms with Crippen LogP contribution in [-0.4, -0.2) is 38.7 Å². The van der Waals surface area contributed by atoms with Crippen molar-refractivity contribution in [3.63, 3.8) is 0 Å². The largest absolute Gasteiger partial charge is 0.348 e. The number of nitrogens with one attached hydrogen (secondary N) is 1. The van der Waals surface area contributed by atoms with Gasteiger partial charge in [-0.15, -0.1) is 17.5 Å². The number of nitrogens with zero attached hydrogens (tertiary/aromatic N) is 4. The van der Waals surface area contributed by atoms with Crippen LogP contribution in [0.2, 0.25) is 0 Å².